The van der Waals surface area contributed by atoms with Crippen molar-refractivity contribution in [3.63, 3.8) is 0 Å². The Labute approximate surface area is 62.4 Å². The Balaban J connectivity index is 0.000000371. The first kappa shape index (κ1) is 8.89. The maximum Gasteiger partial charge on any atom is 0.0375 e. The molecule has 0 N–H and O–H groups in total. The fourth-order valence-electron chi connectivity index (χ4n) is 0.679. The molecule has 0 saturated carbocycles. The highest BCUT2D eigenvalue weighted by atomic mass is 14.7. The van der Waals surface area contributed by atoms with Crippen LogP contribution < -0.4 is 0 Å². The van der Waals surface area contributed by atoms with Gasteiger partial charge >= 0.3 is 0 Å². The fourth-order valence-corrected chi connectivity index (χ4v) is 0.679. The third kappa shape index (κ3) is 3.02. The summed E-state index contributed by atoms with van der Waals surface area (Å²) in [6.07, 6.45) is 0. The van der Waals surface area contributed by atoms with Gasteiger partial charge in [-0.05, 0) is 26.0 Å². The quantitative estimate of drug-likeness (QED) is 0.498. The molecular weight excluding hydrogens is 122 g/mol. The Bertz CT molecular complexity index is 176. The molecule has 0 aliphatic carbocycles. The zero-order chi connectivity index (χ0) is 7.98. The molecule has 0 unspecified atom stereocenters. The molecule has 0 spiro atoms. The van der Waals surface area contributed by atoms with Gasteiger partial charge in [0.2, 0.25) is 0 Å². The van der Waals surface area contributed by atoms with Gasteiger partial charge in [-0.2, -0.15) is 0 Å². The van der Waals surface area contributed by atoms with Crippen LogP contribution in [-0.4, -0.2) is 4.98 Å². The van der Waals surface area contributed by atoms with Crippen molar-refractivity contribution in [3.8, 4) is 0 Å². The van der Waals surface area contributed by atoms with Crippen LogP contribution in [0.3, 0.4) is 0 Å². The van der Waals surface area contributed by atoms with Crippen molar-refractivity contribution in [3.05, 3.63) is 42.7 Å². The van der Waals surface area contributed by atoms with E-state index >= 15 is 0 Å². The zero-order valence-corrected chi connectivity index (χ0v) is 6.59. The molecule has 0 aliphatic rings. The van der Waals surface area contributed by atoms with Gasteiger partial charge in [0.05, 0.1) is 0 Å². The van der Waals surface area contributed by atoms with Crippen molar-refractivity contribution in [2.75, 3.05) is 0 Å². The minimum atomic E-state index is 1.09. The molecule has 1 heteroatoms. The van der Waals surface area contributed by atoms with Crippen molar-refractivity contribution in [2.45, 2.75) is 13.8 Å². The second kappa shape index (κ2) is 4.74. The number of aromatic nitrogens is 1. The third-order valence-electron chi connectivity index (χ3n) is 1.03. The van der Waals surface area contributed by atoms with Crippen LogP contribution in [0.4, 0.5) is 0 Å². The molecule has 0 aliphatic heterocycles. The molecule has 0 saturated heterocycles. The van der Waals surface area contributed by atoms with Crippen LogP contribution in [0.5, 0.6) is 0 Å². The minimum Gasteiger partial charge on any atom is -0.258 e. The van der Waals surface area contributed by atoms with Gasteiger partial charge in [-0.1, -0.05) is 6.07 Å². The lowest BCUT2D eigenvalue weighted by Crippen LogP contribution is -1.81. The minimum absolute atomic E-state index is 1.09. The van der Waals surface area contributed by atoms with Crippen LogP contribution in [0.1, 0.15) is 11.4 Å². The first-order valence-corrected chi connectivity index (χ1v) is 3.19. The molecule has 1 aromatic heterocycles. The van der Waals surface area contributed by atoms with Gasteiger partial charge in [0.1, 0.15) is 0 Å². The predicted octanol–water partition coefficient (Wildman–Crippen LogP) is 2.50. The van der Waals surface area contributed by atoms with E-state index in [9.17, 15) is 0 Å². The normalized spacial score (nSPS) is 7.80. The van der Waals surface area contributed by atoms with Crippen molar-refractivity contribution in [2.24, 2.45) is 0 Å². The molecule has 1 aromatic rings. The number of hydrogen-bond donors (Lipinski definition) is 0. The van der Waals surface area contributed by atoms with E-state index in [1.54, 1.807) is 0 Å². The van der Waals surface area contributed by atoms with E-state index in [1.165, 1.54) is 0 Å². The lowest BCUT2D eigenvalue weighted by atomic mass is 10.3. The van der Waals surface area contributed by atoms with E-state index in [0.717, 1.165) is 11.4 Å². The number of rotatable bonds is 0. The van der Waals surface area contributed by atoms with Crippen molar-refractivity contribution >= 4 is 0 Å². The molecule has 10 heavy (non-hydrogen) atoms. The summed E-state index contributed by atoms with van der Waals surface area (Å²) >= 11 is 0. The lowest BCUT2D eigenvalue weighted by molar-refractivity contribution is 1.12. The van der Waals surface area contributed by atoms with Gasteiger partial charge in [0.15, 0.2) is 0 Å². The molecular formula is C9H13N. The van der Waals surface area contributed by atoms with Gasteiger partial charge in [0, 0.05) is 11.4 Å². The number of aryl methyl sites for hydroxylation is 2. The number of pyridine rings is 1. The maximum absolute atomic E-state index is 4.17. The highest BCUT2D eigenvalue weighted by molar-refractivity contribution is 5.07. The molecule has 1 heterocycles. The summed E-state index contributed by atoms with van der Waals surface area (Å²) in [5.41, 5.74) is 2.18. The summed E-state index contributed by atoms with van der Waals surface area (Å²) < 4.78 is 0. The van der Waals surface area contributed by atoms with Crippen LogP contribution in [0, 0.1) is 13.8 Å². The van der Waals surface area contributed by atoms with Crippen molar-refractivity contribution in [1.29, 1.82) is 0 Å². The van der Waals surface area contributed by atoms with Crippen LogP contribution in [-0.2, 0) is 0 Å². The van der Waals surface area contributed by atoms with Crippen LogP contribution >= 0.6 is 0 Å². The second-order valence-corrected chi connectivity index (χ2v) is 1.92. The zero-order valence-electron chi connectivity index (χ0n) is 6.59. The van der Waals surface area contributed by atoms with Gasteiger partial charge in [-0.3, -0.25) is 4.98 Å². The first-order valence-electron chi connectivity index (χ1n) is 3.19. The van der Waals surface area contributed by atoms with E-state index in [4.69, 9.17) is 0 Å². The summed E-state index contributed by atoms with van der Waals surface area (Å²) in [6.45, 7) is 9.99. The molecule has 0 radical (unpaired) electrons. The van der Waals surface area contributed by atoms with Gasteiger partial charge in [-0.25, -0.2) is 0 Å². The molecule has 54 valence electrons. The van der Waals surface area contributed by atoms with E-state index < -0.39 is 0 Å². The standard InChI is InChI=1S/C7H9N.C2H4/c1-6-4-3-5-7(2)8-6;1-2/h3-5H,1-2H3;1-2H2. The maximum atomic E-state index is 4.17. The van der Waals surface area contributed by atoms with Gasteiger partial charge in [0.25, 0.3) is 0 Å². The summed E-state index contributed by atoms with van der Waals surface area (Å²) in [6, 6.07) is 6.00. The average Bonchev–Trinajstić information content (AvgIpc) is 1.91. The predicted molar refractivity (Wildman–Crippen MR) is 45.0 cm³/mol. The van der Waals surface area contributed by atoms with Crippen LogP contribution in [0.25, 0.3) is 0 Å². The van der Waals surface area contributed by atoms with E-state index in [0.29, 0.717) is 0 Å². The van der Waals surface area contributed by atoms with Crippen LogP contribution in [0.15, 0.2) is 31.4 Å². The number of nitrogens with zero attached hydrogens (tertiary/aromatic N) is 1. The third-order valence-corrected chi connectivity index (χ3v) is 1.03. The Morgan fingerprint density at radius 2 is 1.50 bits per heavy atom. The Morgan fingerprint density at radius 1 is 1.10 bits per heavy atom. The summed E-state index contributed by atoms with van der Waals surface area (Å²) in [4.78, 5) is 4.17. The molecule has 0 bridgehead atoms. The molecule has 1 nitrogen and oxygen atoms in total. The molecule has 0 atom stereocenters. The Morgan fingerprint density at radius 3 is 1.70 bits per heavy atom. The summed E-state index contributed by atoms with van der Waals surface area (Å²) in [5, 5.41) is 0. The SMILES string of the molecule is C=C.Cc1cccc(C)n1. The molecule has 0 aromatic carbocycles. The van der Waals surface area contributed by atoms with E-state index in [2.05, 4.69) is 18.1 Å². The summed E-state index contributed by atoms with van der Waals surface area (Å²) in [5.74, 6) is 0. The Hall–Kier alpha value is -1.11. The molecule has 1 rings (SSSR count). The molecule has 0 amide bonds. The van der Waals surface area contributed by atoms with E-state index in [1.807, 2.05) is 32.0 Å². The Kier molecular flexibility index (Phi) is 4.21. The van der Waals surface area contributed by atoms with Gasteiger partial charge in [-0.15, -0.1) is 13.2 Å². The monoisotopic (exact) mass is 135 g/mol. The fraction of sp³-hybridized carbons (Fsp3) is 0.222. The topological polar surface area (TPSA) is 12.9 Å². The van der Waals surface area contributed by atoms with Crippen molar-refractivity contribution in [1.82, 2.24) is 4.98 Å². The van der Waals surface area contributed by atoms with Crippen LogP contribution in [0.2, 0.25) is 0 Å². The average molecular weight is 135 g/mol. The number of hydrogen-bond acceptors (Lipinski definition) is 1. The molecule has 0 fully saturated rings. The smallest absolute Gasteiger partial charge is 0.0375 e. The second-order valence-electron chi connectivity index (χ2n) is 1.92. The van der Waals surface area contributed by atoms with Gasteiger partial charge < -0.3 is 0 Å². The van der Waals surface area contributed by atoms with E-state index in [-0.39, 0.29) is 0 Å². The highest BCUT2D eigenvalue weighted by Crippen LogP contribution is 1.93. The first-order chi connectivity index (χ1) is 4.79. The lowest BCUT2D eigenvalue weighted by Gasteiger charge is -1.90. The highest BCUT2D eigenvalue weighted by Gasteiger charge is 1.82. The van der Waals surface area contributed by atoms with Crippen molar-refractivity contribution < 1.29 is 0 Å². The summed E-state index contributed by atoms with van der Waals surface area (Å²) in [7, 11) is 0. The largest absolute Gasteiger partial charge is 0.258 e.